The summed E-state index contributed by atoms with van der Waals surface area (Å²) in [7, 11) is 1.23. The van der Waals surface area contributed by atoms with Crippen molar-refractivity contribution in [3.05, 3.63) is 67.4 Å². The molecule has 0 unspecified atom stereocenters. The number of hydrogen-bond acceptors (Lipinski definition) is 7. The number of carbonyl (C=O) groups is 2. The maximum atomic E-state index is 12.8. The van der Waals surface area contributed by atoms with E-state index < -0.39 is 17.3 Å². The normalized spacial score (nSPS) is 11.2. The molecule has 0 aliphatic heterocycles. The maximum absolute atomic E-state index is 12.8. The van der Waals surface area contributed by atoms with Gasteiger partial charge < -0.3 is 14.5 Å². The second kappa shape index (κ2) is 8.53. The molecule has 0 fully saturated rings. The summed E-state index contributed by atoms with van der Waals surface area (Å²) in [6, 6.07) is 7.51. The van der Waals surface area contributed by atoms with E-state index in [0.29, 0.717) is 21.0 Å². The molecule has 0 aliphatic carbocycles. The number of methoxy groups -OCH3 is 1. The van der Waals surface area contributed by atoms with Gasteiger partial charge in [0.2, 0.25) is 0 Å². The van der Waals surface area contributed by atoms with Gasteiger partial charge in [-0.05, 0) is 43.2 Å². The Morgan fingerprint density at radius 3 is 2.73 bits per heavy atom. The molecule has 0 atom stereocenters. The maximum Gasteiger partial charge on any atom is 0.341 e. The summed E-state index contributed by atoms with van der Waals surface area (Å²) >= 11 is 7.02. The van der Waals surface area contributed by atoms with Crippen LogP contribution in [0.25, 0.3) is 16.5 Å². The first-order valence-corrected chi connectivity index (χ1v) is 9.79. The van der Waals surface area contributed by atoms with Crippen LogP contribution in [0.3, 0.4) is 0 Å². The highest BCUT2D eigenvalue weighted by atomic mass is 35.5. The van der Waals surface area contributed by atoms with Gasteiger partial charge >= 0.3 is 5.97 Å². The van der Waals surface area contributed by atoms with E-state index in [1.807, 2.05) is 6.07 Å². The zero-order chi connectivity index (χ0) is 22.0. The van der Waals surface area contributed by atoms with Gasteiger partial charge in [0.05, 0.1) is 24.1 Å². The van der Waals surface area contributed by atoms with Gasteiger partial charge in [-0.2, -0.15) is 5.26 Å². The molecule has 0 saturated heterocycles. The predicted molar refractivity (Wildman–Crippen MR) is 115 cm³/mol. The average molecular weight is 443 g/mol. The molecule has 0 aliphatic rings. The van der Waals surface area contributed by atoms with Crippen LogP contribution in [0.15, 0.2) is 39.6 Å². The fraction of sp³-hybridized carbons (Fsp3) is 0.143. The minimum atomic E-state index is -0.705. The standard InChI is InChI=1S/C21H15ClN2O5S/c1-10(6-7-23)18-11(2)17(21(27)28-3)20(30-18)24-19(26)16-9-14(25)13-8-12(22)4-5-15(13)29-16/h4-6,8-9H,1-3H3,(H,24,26)/b10-6+. The van der Waals surface area contributed by atoms with Crippen molar-refractivity contribution in [2.75, 3.05) is 12.4 Å². The largest absolute Gasteiger partial charge is 0.465 e. The molecule has 7 nitrogen and oxygen atoms in total. The van der Waals surface area contributed by atoms with Gasteiger partial charge in [0.25, 0.3) is 5.91 Å². The number of ether oxygens (including phenoxy) is 1. The van der Waals surface area contributed by atoms with Crippen LogP contribution in [-0.4, -0.2) is 19.0 Å². The number of rotatable bonds is 4. The number of carbonyl (C=O) groups excluding carboxylic acids is 2. The Morgan fingerprint density at radius 2 is 2.07 bits per heavy atom. The van der Waals surface area contributed by atoms with Gasteiger partial charge in [-0.1, -0.05) is 11.6 Å². The minimum absolute atomic E-state index is 0.173. The number of nitrogens with one attached hydrogen (secondary N) is 1. The van der Waals surface area contributed by atoms with E-state index >= 15 is 0 Å². The number of thiophene rings is 1. The predicted octanol–water partition coefficient (Wildman–Crippen LogP) is 4.78. The van der Waals surface area contributed by atoms with Gasteiger partial charge in [-0.3, -0.25) is 9.59 Å². The number of allylic oxidation sites excluding steroid dienone is 2. The number of hydrogen-bond donors (Lipinski definition) is 1. The molecule has 1 aromatic carbocycles. The van der Waals surface area contributed by atoms with E-state index in [-0.39, 0.29) is 27.3 Å². The molecule has 3 rings (SSSR count). The average Bonchev–Trinajstić information content (AvgIpc) is 3.03. The monoisotopic (exact) mass is 442 g/mol. The van der Waals surface area contributed by atoms with Crippen LogP contribution < -0.4 is 10.7 Å². The Kier molecular flexibility index (Phi) is 6.06. The summed E-state index contributed by atoms with van der Waals surface area (Å²) in [6.07, 6.45) is 1.35. The number of anilines is 1. The Balaban J connectivity index is 2.05. The summed E-state index contributed by atoms with van der Waals surface area (Å²) in [4.78, 5) is 38.1. The van der Waals surface area contributed by atoms with Crippen LogP contribution in [0.4, 0.5) is 5.00 Å². The Morgan fingerprint density at radius 1 is 1.33 bits per heavy atom. The third-order valence-corrected chi connectivity index (χ3v) is 5.89. The lowest BCUT2D eigenvalue weighted by molar-refractivity contribution is 0.0601. The molecular weight excluding hydrogens is 428 g/mol. The second-order valence-corrected chi connectivity index (χ2v) is 7.73. The van der Waals surface area contributed by atoms with Crippen LogP contribution in [0.1, 0.15) is 38.3 Å². The van der Waals surface area contributed by atoms with E-state index in [2.05, 4.69) is 5.32 Å². The number of halogens is 1. The van der Waals surface area contributed by atoms with E-state index in [1.165, 1.54) is 25.3 Å². The lowest BCUT2D eigenvalue weighted by Gasteiger charge is -2.06. The summed E-state index contributed by atoms with van der Waals surface area (Å²) in [5.74, 6) is -1.56. The highest BCUT2D eigenvalue weighted by molar-refractivity contribution is 7.18. The third-order valence-electron chi connectivity index (χ3n) is 4.32. The number of fused-ring (bicyclic) bond motifs is 1. The van der Waals surface area contributed by atoms with Crippen LogP contribution in [0.2, 0.25) is 5.02 Å². The fourth-order valence-corrected chi connectivity index (χ4v) is 4.23. The molecular formula is C21H15ClN2O5S. The topological polar surface area (TPSA) is 109 Å². The number of esters is 1. The summed E-state index contributed by atoms with van der Waals surface area (Å²) in [5.41, 5.74) is 1.17. The van der Waals surface area contributed by atoms with Gasteiger partial charge in [0.15, 0.2) is 11.2 Å². The molecule has 2 heterocycles. The molecule has 0 saturated carbocycles. The van der Waals surface area contributed by atoms with Crippen LogP contribution >= 0.6 is 22.9 Å². The van der Waals surface area contributed by atoms with Gasteiger partial charge in [-0.15, -0.1) is 11.3 Å². The molecule has 152 valence electrons. The molecule has 1 N–H and O–H groups in total. The number of nitrogens with zero attached hydrogens (tertiary/aromatic N) is 1. The fourth-order valence-electron chi connectivity index (χ4n) is 2.89. The van der Waals surface area contributed by atoms with E-state index in [9.17, 15) is 14.4 Å². The molecule has 30 heavy (non-hydrogen) atoms. The zero-order valence-electron chi connectivity index (χ0n) is 16.2. The van der Waals surface area contributed by atoms with Crippen molar-refractivity contribution in [2.45, 2.75) is 13.8 Å². The molecule has 0 bridgehead atoms. The molecule has 0 radical (unpaired) electrons. The second-order valence-electron chi connectivity index (χ2n) is 6.28. The Bertz CT molecular complexity index is 1310. The quantitative estimate of drug-likeness (QED) is 0.460. The first-order chi connectivity index (χ1) is 14.3. The van der Waals surface area contributed by atoms with Crippen molar-refractivity contribution in [1.82, 2.24) is 0 Å². The van der Waals surface area contributed by atoms with E-state index in [1.54, 1.807) is 19.9 Å². The first-order valence-electron chi connectivity index (χ1n) is 8.60. The summed E-state index contributed by atoms with van der Waals surface area (Å²) in [6.45, 7) is 3.42. The van der Waals surface area contributed by atoms with Crippen molar-refractivity contribution in [3.63, 3.8) is 0 Å². The lowest BCUT2D eigenvalue weighted by atomic mass is 10.1. The van der Waals surface area contributed by atoms with Crippen molar-refractivity contribution < 1.29 is 18.7 Å². The molecule has 3 aromatic rings. The molecule has 0 spiro atoms. The third kappa shape index (κ3) is 3.99. The van der Waals surface area contributed by atoms with Crippen molar-refractivity contribution >= 4 is 56.4 Å². The number of benzene rings is 1. The minimum Gasteiger partial charge on any atom is -0.465 e. The smallest absolute Gasteiger partial charge is 0.341 e. The van der Waals surface area contributed by atoms with E-state index in [4.69, 9.17) is 26.0 Å². The van der Waals surface area contributed by atoms with Crippen LogP contribution in [0, 0.1) is 18.3 Å². The van der Waals surface area contributed by atoms with Gasteiger partial charge in [0.1, 0.15) is 10.6 Å². The Hall–Kier alpha value is -3.41. The molecule has 2 aromatic heterocycles. The zero-order valence-corrected chi connectivity index (χ0v) is 17.7. The summed E-state index contributed by atoms with van der Waals surface area (Å²) < 4.78 is 10.4. The lowest BCUT2D eigenvalue weighted by Crippen LogP contribution is -2.16. The number of nitriles is 1. The van der Waals surface area contributed by atoms with Crippen molar-refractivity contribution in [2.24, 2.45) is 0 Å². The first kappa shape index (κ1) is 21.3. The van der Waals surface area contributed by atoms with E-state index in [0.717, 1.165) is 17.4 Å². The SMILES string of the molecule is COC(=O)c1c(NC(=O)c2cc(=O)c3cc(Cl)ccc3o2)sc(/C(C)=C/C#N)c1C. The molecule has 1 amide bonds. The highest BCUT2D eigenvalue weighted by Gasteiger charge is 2.25. The highest BCUT2D eigenvalue weighted by Crippen LogP contribution is 2.37. The summed E-state index contributed by atoms with van der Waals surface area (Å²) in [5, 5.41) is 12.4. The number of amides is 1. The Labute approximate surface area is 180 Å². The van der Waals surface area contributed by atoms with Crippen LogP contribution in [0.5, 0.6) is 0 Å². The van der Waals surface area contributed by atoms with Gasteiger partial charge in [0, 0.05) is 22.0 Å². The molecule has 9 heteroatoms. The van der Waals surface area contributed by atoms with Crippen molar-refractivity contribution in [3.8, 4) is 6.07 Å². The van der Waals surface area contributed by atoms with Gasteiger partial charge in [-0.25, -0.2) is 4.79 Å². The van der Waals surface area contributed by atoms with Crippen LogP contribution in [-0.2, 0) is 4.74 Å². The van der Waals surface area contributed by atoms with Crippen molar-refractivity contribution in [1.29, 1.82) is 5.26 Å².